The third-order valence-corrected chi connectivity index (χ3v) is 3.01. The average Bonchev–Trinajstić information content (AvgIpc) is 2.25. The summed E-state index contributed by atoms with van der Waals surface area (Å²) in [5, 5.41) is 6.48. The molecule has 1 unspecified atom stereocenters. The molecule has 0 fully saturated rings. The summed E-state index contributed by atoms with van der Waals surface area (Å²) in [4.78, 5) is 15.7. The van der Waals surface area contributed by atoms with Gasteiger partial charge in [0.1, 0.15) is 0 Å². The maximum atomic E-state index is 11.2. The molecule has 114 valence electrons. The van der Waals surface area contributed by atoms with Gasteiger partial charge < -0.3 is 16.4 Å². The van der Waals surface area contributed by atoms with Crippen molar-refractivity contribution in [2.24, 2.45) is 22.1 Å². The number of hydrogen-bond donors (Lipinski definition) is 3. The van der Waals surface area contributed by atoms with Crippen LogP contribution >= 0.6 is 24.0 Å². The van der Waals surface area contributed by atoms with Crippen LogP contribution in [0.15, 0.2) is 4.99 Å². The van der Waals surface area contributed by atoms with Gasteiger partial charge in [-0.25, -0.2) is 0 Å². The van der Waals surface area contributed by atoms with Crippen LogP contribution in [0.4, 0.5) is 0 Å². The summed E-state index contributed by atoms with van der Waals surface area (Å²) >= 11 is 0. The normalized spacial score (nSPS) is 13.7. The Bertz CT molecular complexity index is 303. The third-order valence-electron chi connectivity index (χ3n) is 3.01. The van der Waals surface area contributed by atoms with Gasteiger partial charge in [-0.05, 0) is 33.6 Å². The average molecular weight is 384 g/mol. The predicted octanol–water partition coefficient (Wildman–Crippen LogP) is 1.72. The summed E-state index contributed by atoms with van der Waals surface area (Å²) in [5.41, 5.74) is 4.71. The Balaban J connectivity index is 0. The van der Waals surface area contributed by atoms with E-state index in [0.717, 1.165) is 12.5 Å². The van der Waals surface area contributed by atoms with Crippen molar-refractivity contribution in [2.45, 2.75) is 47.6 Å². The second-order valence-electron chi connectivity index (χ2n) is 5.62. The van der Waals surface area contributed by atoms with E-state index in [-0.39, 0.29) is 29.9 Å². The van der Waals surface area contributed by atoms with Gasteiger partial charge in [-0.3, -0.25) is 9.79 Å². The van der Waals surface area contributed by atoms with Gasteiger partial charge in [0.05, 0.1) is 12.0 Å². The van der Waals surface area contributed by atoms with Crippen LogP contribution in [0.5, 0.6) is 0 Å². The Morgan fingerprint density at radius 3 is 2.21 bits per heavy atom. The Labute approximate surface area is 134 Å². The smallest absolute Gasteiger partial charge is 0.224 e. The van der Waals surface area contributed by atoms with Crippen molar-refractivity contribution in [3.05, 3.63) is 0 Å². The second kappa shape index (κ2) is 9.39. The summed E-state index contributed by atoms with van der Waals surface area (Å²) in [5.74, 6) is 0.907. The molecule has 19 heavy (non-hydrogen) atoms. The third kappa shape index (κ3) is 8.28. The number of hydrogen-bond acceptors (Lipinski definition) is 2. The number of guanidine groups is 1. The Morgan fingerprint density at radius 1 is 1.32 bits per heavy atom. The topological polar surface area (TPSA) is 79.5 Å². The molecule has 6 heteroatoms. The molecule has 0 aliphatic heterocycles. The Morgan fingerprint density at radius 2 is 1.84 bits per heavy atom. The van der Waals surface area contributed by atoms with Gasteiger partial charge in [-0.2, -0.15) is 0 Å². The molecule has 0 aromatic rings. The largest absolute Gasteiger partial charge is 0.369 e. The number of nitrogens with zero attached hydrogens (tertiary/aromatic N) is 1. The van der Waals surface area contributed by atoms with Gasteiger partial charge in [0.15, 0.2) is 5.96 Å². The Kier molecular flexibility index (Phi) is 10.3. The van der Waals surface area contributed by atoms with E-state index in [0.29, 0.717) is 18.5 Å². The van der Waals surface area contributed by atoms with Crippen molar-refractivity contribution < 1.29 is 4.79 Å². The minimum absolute atomic E-state index is 0. The summed E-state index contributed by atoms with van der Waals surface area (Å²) in [6.45, 7) is 13.2. The quantitative estimate of drug-likeness (QED) is 0.371. The van der Waals surface area contributed by atoms with E-state index in [1.54, 1.807) is 13.8 Å². The van der Waals surface area contributed by atoms with Gasteiger partial charge in [-0.1, -0.05) is 13.8 Å². The molecule has 0 aromatic heterocycles. The summed E-state index contributed by atoms with van der Waals surface area (Å²) < 4.78 is 0. The lowest BCUT2D eigenvalue weighted by atomic mass is 9.93. The van der Waals surface area contributed by atoms with Gasteiger partial charge in [0.2, 0.25) is 5.91 Å². The number of carbonyl (C=O) groups is 1. The van der Waals surface area contributed by atoms with Crippen LogP contribution in [-0.4, -0.2) is 31.0 Å². The maximum Gasteiger partial charge on any atom is 0.224 e. The second-order valence-corrected chi connectivity index (χ2v) is 5.62. The molecule has 0 spiro atoms. The van der Waals surface area contributed by atoms with Gasteiger partial charge in [0, 0.05) is 12.6 Å². The number of halogens is 1. The van der Waals surface area contributed by atoms with E-state index in [1.165, 1.54) is 0 Å². The van der Waals surface area contributed by atoms with E-state index in [4.69, 9.17) is 5.73 Å². The van der Waals surface area contributed by atoms with Crippen molar-refractivity contribution in [1.29, 1.82) is 0 Å². The van der Waals surface area contributed by atoms with E-state index in [9.17, 15) is 4.79 Å². The first-order chi connectivity index (χ1) is 8.20. The van der Waals surface area contributed by atoms with E-state index >= 15 is 0 Å². The highest BCUT2D eigenvalue weighted by atomic mass is 127. The molecule has 0 radical (unpaired) electrons. The van der Waals surface area contributed by atoms with E-state index in [1.807, 2.05) is 6.92 Å². The summed E-state index contributed by atoms with van der Waals surface area (Å²) in [6, 6.07) is 0.319. The van der Waals surface area contributed by atoms with E-state index < -0.39 is 5.41 Å². The van der Waals surface area contributed by atoms with Crippen molar-refractivity contribution in [2.75, 3.05) is 13.1 Å². The molecule has 0 bridgehead atoms. The fourth-order valence-electron chi connectivity index (χ4n) is 1.06. The molecule has 0 heterocycles. The lowest BCUT2D eigenvalue weighted by Gasteiger charge is -2.23. The SMILES string of the molecule is CCNC(=NCC(C)(C)C(N)=O)NC(C)C(C)C.I. The minimum Gasteiger partial charge on any atom is -0.369 e. The van der Waals surface area contributed by atoms with Gasteiger partial charge in [-0.15, -0.1) is 24.0 Å². The monoisotopic (exact) mass is 384 g/mol. The van der Waals surface area contributed by atoms with Crippen molar-refractivity contribution in [1.82, 2.24) is 10.6 Å². The van der Waals surface area contributed by atoms with Gasteiger partial charge >= 0.3 is 0 Å². The molecule has 0 aliphatic rings. The zero-order valence-corrected chi connectivity index (χ0v) is 15.2. The zero-order chi connectivity index (χ0) is 14.3. The molecular formula is C13H29IN4O. The number of nitrogens with two attached hydrogens (primary N) is 1. The van der Waals surface area contributed by atoms with Crippen LogP contribution in [0.1, 0.15) is 41.5 Å². The van der Waals surface area contributed by atoms with E-state index in [2.05, 4.69) is 36.4 Å². The molecular weight excluding hydrogens is 355 g/mol. The van der Waals surface area contributed by atoms with Crippen LogP contribution in [0.3, 0.4) is 0 Å². The summed E-state index contributed by atoms with van der Waals surface area (Å²) in [7, 11) is 0. The molecule has 1 amide bonds. The molecule has 5 nitrogen and oxygen atoms in total. The first-order valence-corrected chi connectivity index (χ1v) is 6.55. The van der Waals surface area contributed by atoms with Crippen molar-refractivity contribution in [3.63, 3.8) is 0 Å². The number of rotatable bonds is 6. The Hall–Kier alpha value is -0.530. The van der Waals surface area contributed by atoms with Crippen LogP contribution in [0.25, 0.3) is 0 Å². The van der Waals surface area contributed by atoms with Gasteiger partial charge in [0.25, 0.3) is 0 Å². The minimum atomic E-state index is -0.622. The molecule has 0 aromatic carbocycles. The maximum absolute atomic E-state index is 11.2. The molecule has 0 saturated heterocycles. The number of amides is 1. The van der Waals surface area contributed by atoms with Crippen LogP contribution in [0.2, 0.25) is 0 Å². The van der Waals surface area contributed by atoms with Crippen molar-refractivity contribution >= 4 is 35.8 Å². The zero-order valence-electron chi connectivity index (χ0n) is 12.9. The highest BCUT2D eigenvalue weighted by molar-refractivity contribution is 14.0. The fraction of sp³-hybridized carbons (Fsp3) is 0.846. The molecule has 4 N–H and O–H groups in total. The first kappa shape index (κ1) is 20.8. The number of aliphatic imine (C=N–C) groups is 1. The van der Waals surface area contributed by atoms with Crippen LogP contribution in [0, 0.1) is 11.3 Å². The fourth-order valence-corrected chi connectivity index (χ4v) is 1.06. The molecule has 0 saturated carbocycles. The van der Waals surface area contributed by atoms with Crippen LogP contribution in [-0.2, 0) is 4.79 Å². The highest BCUT2D eigenvalue weighted by Gasteiger charge is 2.24. The molecule has 1 atom stereocenters. The first-order valence-electron chi connectivity index (χ1n) is 6.55. The molecule has 0 rings (SSSR count). The lowest BCUT2D eigenvalue weighted by Crippen LogP contribution is -2.45. The molecule has 0 aliphatic carbocycles. The summed E-state index contributed by atoms with van der Waals surface area (Å²) in [6.07, 6.45) is 0. The highest BCUT2D eigenvalue weighted by Crippen LogP contribution is 2.14. The van der Waals surface area contributed by atoms with Crippen molar-refractivity contribution in [3.8, 4) is 0 Å². The van der Waals surface area contributed by atoms with Crippen LogP contribution < -0.4 is 16.4 Å². The number of nitrogens with one attached hydrogen (secondary N) is 2. The lowest BCUT2D eigenvalue weighted by molar-refractivity contribution is -0.125. The number of carbonyl (C=O) groups excluding carboxylic acids is 1. The number of primary amides is 1. The standard InChI is InChI=1S/C13H28N4O.HI/c1-7-15-12(17-10(4)9(2)3)16-8-13(5,6)11(14)18;/h9-10H,7-8H2,1-6H3,(H2,14,18)(H2,15,16,17);1H. The predicted molar refractivity (Wildman–Crippen MR) is 91.8 cm³/mol.